The number of nitrogens with one attached hydrogen (secondary N) is 2. The Kier molecular flexibility index (Phi) is 8.55. The van der Waals surface area contributed by atoms with Crippen molar-refractivity contribution in [1.29, 1.82) is 0 Å². The van der Waals surface area contributed by atoms with E-state index in [9.17, 15) is 0 Å². The number of hydrogen-bond acceptors (Lipinski definition) is 4. The van der Waals surface area contributed by atoms with Crippen LogP contribution in [0.3, 0.4) is 0 Å². The summed E-state index contributed by atoms with van der Waals surface area (Å²) in [5.41, 5.74) is 6.26. The van der Waals surface area contributed by atoms with E-state index in [0.29, 0.717) is 19.0 Å². The van der Waals surface area contributed by atoms with Gasteiger partial charge in [0.25, 0.3) is 0 Å². The molecule has 0 atom stereocenters. The van der Waals surface area contributed by atoms with Gasteiger partial charge >= 0.3 is 0 Å². The first-order chi connectivity index (χ1) is 15.1. The zero-order chi connectivity index (χ0) is 21.6. The molecule has 4 rings (SSSR count). The lowest BCUT2D eigenvalue weighted by atomic mass is 10.1. The number of nitrogens with zero attached hydrogens (tertiary/aromatic N) is 3. The Hall–Kier alpha value is -2.55. The van der Waals surface area contributed by atoms with E-state index in [1.807, 2.05) is 13.8 Å². The molecule has 7 heteroatoms. The molecule has 0 saturated heterocycles. The zero-order valence-corrected chi connectivity index (χ0v) is 21.3. The maximum atomic E-state index is 5.63. The number of rotatable bonds is 7. The van der Waals surface area contributed by atoms with Crippen LogP contribution in [0.5, 0.6) is 0 Å². The molecule has 0 unspecified atom stereocenters. The smallest absolute Gasteiger partial charge is 0.214 e. The Morgan fingerprint density at radius 1 is 1.06 bits per heavy atom. The van der Waals surface area contributed by atoms with Crippen molar-refractivity contribution in [1.82, 2.24) is 15.6 Å². The van der Waals surface area contributed by atoms with Crippen LogP contribution in [0.1, 0.15) is 41.0 Å². The van der Waals surface area contributed by atoms with Gasteiger partial charge in [-0.1, -0.05) is 42.5 Å². The Balaban J connectivity index is 0.00000289. The third kappa shape index (κ3) is 6.03. The number of aryl methyl sites for hydroxylation is 2. The monoisotopic (exact) mass is 545 g/mol. The Morgan fingerprint density at radius 3 is 2.53 bits per heavy atom. The first-order valence-corrected chi connectivity index (χ1v) is 11.0. The SMILES string of the molecule is CCNC(=NCc1ccc(CN2CCc3ccccc32)cc1)NCc1nc(C)c(C)o1.I. The quantitative estimate of drug-likeness (QED) is 0.256. The highest BCUT2D eigenvalue weighted by Crippen LogP contribution is 2.28. The molecule has 0 bridgehead atoms. The number of fused-ring (bicyclic) bond motifs is 1. The van der Waals surface area contributed by atoms with Gasteiger partial charge in [0, 0.05) is 25.3 Å². The highest BCUT2D eigenvalue weighted by Gasteiger charge is 2.18. The van der Waals surface area contributed by atoms with Crippen LogP contribution in [0.4, 0.5) is 5.69 Å². The molecule has 3 aromatic rings. The lowest BCUT2D eigenvalue weighted by Crippen LogP contribution is -2.36. The molecule has 2 aromatic carbocycles. The molecule has 0 amide bonds. The van der Waals surface area contributed by atoms with Crippen LogP contribution in [0.2, 0.25) is 0 Å². The summed E-state index contributed by atoms with van der Waals surface area (Å²) in [7, 11) is 0. The van der Waals surface area contributed by atoms with Gasteiger partial charge in [-0.2, -0.15) is 0 Å². The average molecular weight is 545 g/mol. The first kappa shape index (κ1) is 24.1. The van der Waals surface area contributed by atoms with Crippen molar-refractivity contribution < 1.29 is 4.42 Å². The largest absolute Gasteiger partial charge is 0.444 e. The molecule has 2 N–H and O–H groups in total. The maximum Gasteiger partial charge on any atom is 0.214 e. The molecular weight excluding hydrogens is 513 g/mol. The normalized spacial score (nSPS) is 13.0. The number of guanidine groups is 1. The van der Waals surface area contributed by atoms with Crippen molar-refractivity contribution in [3.05, 3.63) is 82.6 Å². The van der Waals surface area contributed by atoms with Gasteiger partial charge in [-0.25, -0.2) is 9.98 Å². The van der Waals surface area contributed by atoms with Crippen molar-refractivity contribution in [2.75, 3.05) is 18.0 Å². The summed E-state index contributed by atoms with van der Waals surface area (Å²) < 4.78 is 5.63. The molecule has 0 fully saturated rings. The topological polar surface area (TPSA) is 65.7 Å². The molecule has 0 aliphatic carbocycles. The van der Waals surface area contributed by atoms with Crippen molar-refractivity contribution >= 4 is 35.6 Å². The van der Waals surface area contributed by atoms with Crippen LogP contribution in [0.25, 0.3) is 0 Å². The summed E-state index contributed by atoms with van der Waals surface area (Å²) in [6, 6.07) is 17.5. The van der Waals surface area contributed by atoms with E-state index in [4.69, 9.17) is 9.41 Å². The predicted molar refractivity (Wildman–Crippen MR) is 141 cm³/mol. The minimum absolute atomic E-state index is 0. The number of anilines is 1. The van der Waals surface area contributed by atoms with E-state index in [1.165, 1.54) is 22.4 Å². The number of para-hydroxylation sites is 1. The Bertz CT molecular complexity index is 1030. The fourth-order valence-corrected chi connectivity index (χ4v) is 3.83. The summed E-state index contributed by atoms with van der Waals surface area (Å²) in [5.74, 6) is 2.29. The highest BCUT2D eigenvalue weighted by molar-refractivity contribution is 14.0. The molecule has 32 heavy (non-hydrogen) atoms. The second kappa shape index (κ2) is 11.4. The van der Waals surface area contributed by atoms with E-state index in [2.05, 4.69) is 76.0 Å². The van der Waals surface area contributed by atoms with Crippen molar-refractivity contribution in [3.63, 3.8) is 0 Å². The predicted octanol–water partition coefficient (Wildman–Crippen LogP) is 4.73. The molecule has 1 aliphatic heterocycles. The molecular formula is C25H32IN5O. The van der Waals surface area contributed by atoms with Gasteiger partial charge in [-0.15, -0.1) is 24.0 Å². The van der Waals surface area contributed by atoms with Gasteiger partial charge in [0.05, 0.1) is 18.8 Å². The zero-order valence-electron chi connectivity index (χ0n) is 19.0. The molecule has 6 nitrogen and oxygen atoms in total. The van der Waals surface area contributed by atoms with E-state index < -0.39 is 0 Å². The number of oxazole rings is 1. The van der Waals surface area contributed by atoms with Gasteiger partial charge in [0.2, 0.25) is 5.89 Å². The van der Waals surface area contributed by atoms with Crippen LogP contribution >= 0.6 is 24.0 Å². The lowest BCUT2D eigenvalue weighted by molar-refractivity contribution is 0.463. The number of hydrogen-bond donors (Lipinski definition) is 2. The van der Waals surface area contributed by atoms with Gasteiger partial charge in [-0.3, -0.25) is 0 Å². The van der Waals surface area contributed by atoms with Crippen molar-refractivity contribution in [2.24, 2.45) is 4.99 Å². The van der Waals surface area contributed by atoms with Crippen molar-refractivity contribution in [2.45, 2.75) is 46.8 Å². The van der Waals surface area contributed by atoms with Gasteiger partial charge in [0.15, 0.2) is 5.96 Å². The number of aliphatic imine (C=N–C) groups is 1. The number of aromatic nitrogens is 1. The molecule has 1 aliphatic rings. The molecule has 0 spiro atoms. The van der Waals surface area contributed by atoms with Crippen LogP contribution in [-0.2, 0) is 26.1 Å². The van der Waals surface area contributed by atoms with E-state index >= 15 is 0 Å². The van der Waals surface area contributed by atoms with Gasteiger partial charge < -0.3 is 20.0 Å². The molecule has 1 aromatic heterocycles. The molecule has 0 radical (unpaired) electrons. The van der Waals surface area contributed by atoms with Crippen molar-refractivity contribution in [3.8, 4) is 0 Å². The number of halogens is 1. The molecule has 2 heterocycles. The number of benzene rings is 2. The van der Waals surface area contributed by atoms with Gasteiger partial charge in [0.1, 0.15) is 5.76 Å². The van der Waals surface area contributed by atoms with E-state index in [1.54, 1.807) is 0 Å². The summed E-state index contributed by atoms with van der Waals surface area (Å²) in [4.78, 5) is 11.6. The first-order valence-electron chi connectivity index (χ1n) is 11.0. The summed E-state index contributed by atoms with van der Waals surface area (Å²) in [6.07, 6.45) is 1.13. The van der Waals surface area contributed by atoms with Crippen LogP contribution in [0, 0.1) is 13.8 Å². The average Bonchev–Trinajstić information content (AvgIpc) is 3.34. The summed E-state index contributed by atoms with van der Waals surface area (Å²) in [5, 5.41) is 6.57. The van der Waals surface area contributed by atoms with Crippen LogP contribution in [-0.4, -0.2) is 24.0 Å². The third-order valence-electron chi connectivity index (χ3n) is 5.62. The highest BCUT2D eigenvalue weighted by atomic mass is 127. The molecule has 170 valence electrons. The fourth-order valence-electron chi connectivity index (χ4n) is 3.83. The fraction of sp³-hybridized carbons (Fsp3) is 0.360. The Labute approximate surface area is 207 Å². The van der Waals surface area contributed by atoms with E-state index in [-0.39, 0.29) is 24.0 Å². The lowest BCUT2D eigenvalue weighted by Gasteiger charge is -2.19. The summed E-state index contributed by atoms with van der Waals surface area (Å²) >= 11 is 0. The van der Waals surface area contributed by atoms with Crippen LogP contribution in [0.15, 0.2) is 57.9 Å². The van der Waals surface area contributed by atoms with Crippen LogP contribution < -0.4 is 15.5 Å². The molecule has 0 saturated carbocycles. The van der Waals surface area contributed by atoms with Gasteiger partial charge in [-0.05, 0) is 49.9 Å². The minimum Gasteiger partial charge on any atom is -0.444 e. The third-order valence-corrected chi connectivity index (χ3v) is 5.62. The second-order valence-corrected chi connectivity index (χ2v) is 7.91. The standard InChI is InChI=1S/C25H31N5O.HI/c1-4-26-25(28-16-24-29-18(2)19(3)31-24)27-15-20-9-11-21(12-10-20)17-30-14-13-22-7-5-6-8-23(22)30;/h5-12H,4,13-17H2,1-3H3,(H2,26,27,28);1H. The Morgan fingerprint density at radius 2 is 1.81 bits per heavy atom. The summed E-state index contributed by atoms with van der Waals surface area (Å²) in [6.45, 7) is 9.90. The van der Waals surface area contributed by atoms with E-state index in [0.717, 1.165) is 43.5 Å². The minimum atomic E-state index is 0. The maximum absolute atomic E-state index is 5.63. The second-order valence-electron chi connectivity index (χ2n) is 7.91.